The molecule has 3 aromatic heterocycles. The molecule has 0 spiro atoms. The second kappa shape index (κ2) is 13.7. The summed E-state index contributed by atoms with van der Waals surface area (Å²) in [6.45, 7) is 20.2. The van der Waals surface area contributed by atoms with Gasteiger partial charge in [0.1, 0.15) is 12.6 Å². The van der Waals surface area contributed by atoms with E-state index in [4.69, 9.17) is 9.97 Å². The maximum atomic E-state index is 13.0. The standard InChI is InChI=1S/C39H43N5O3/c1-9-26-22(5)30-16-31-24(7)28(12-11-15-45)36(42-31)19-37-29(13-14-39(47)44-38(20-46)21(3)4)25(8)33(43-37)18-35-27(10-2)23(6)32(41-35)17-34(26)40-30/h9-10,15-21,38,40-41H,1-2,11-14H2,3-8H3,(H,44,47). The van der Waals surface area contributed by atoms with E-state index in [1.165, 1.54) is 0 Å². The summed E-state index contributed by atoms with van der Waals surface area (Å²) in [5.41, 5.74) is 14.7. The molecule has 1 atom stereocenters. The monoisotopic (exact) mass is 629 g/mol. The van der Waals surface area contributed by atoms with Crippen molar-refractivity contribution in [2.75, 3.05) is 0 Å². The number of rotatable bonds is 11. The van der Waals surface area contributed by atoms with Gasteiger partial charge >= 0.3 is 0 Å². The van der Waals surface area contributed by atoms with Crippen molar-refractivity contribution in [1.82, 2.24) is 25.3 Å². The Morgan fingerprint density at radius 1 is 0.766 bits per heavy atom. The highest BCUT2D eigenvalue weighted by molar-refractivity contribution is 5.97. The summed E-state index contributed by atoms with van der Waals surface area (Å²) in [7, 11) is 0. The number of nitrogens with zero attached hydrogens (tertiary/aromatic N) is 2. The number of aldehydes is 2. The largest absolute Gasteiger partial charge is 0.355 e. The molecule has 2 aliphatic rings. The van der Waals surface area contributed by atoms with E-state index in [-0.39, 0.29) is 18.2 Å². The van der Waals surface area contributed by atoms with Crippen molar-refractivity contribution in [3.8, 4) is 0 Å². The van der Waals surface area contributed by atoms with Crippen molar-refractivity contribution in [3.05, 3.63) is 82.5 Å². The van der Waals surface area contributed by atoms with Crippen molar-refractivity contribution in [2.45, 2.75) is 73.3 Å². The quantitative estimate of drug-likeness (QED) is 0.185. The van der Waals surface area contributed by atoms with Crippen molar-refractivity contribution in [1.29, 1.82) is 0 Å². The molecule has 47 heavy (non-hydrogen) atoms. The highest BCUT2D eigenvalue weighted by Gasteiger charge is 2.23. The van der Waals surface area contributed by atoms with Crippen LogP contribution in [-0.2, 0) is 14.4 Å². The molecule has 8 nitrogen and oxygen atoms in total. The molecule has 0 aromatic carbocycles. The smallest absolute Gasteiger partial charge is 0.220 e. The summed E-state index contributed by atoms with van der Waals surface area (Å²) in [5.74, 6) is -0.192. The van der Waals surface area contributed by atoms with Crippen molar-refractivity contribution in [2.24, 2.45) is 5.92 Å². The van der Waals surface area contributed by atoms with Gasteiger partial charge in [-0.15, -0.1) is 0 Å². The number of carbonyl (C=O) groups is 3. The molecule has 2 aliphatic heterocycles. The van der Waals surface area contributed by atoms with E-state index in [1.807, 2.05) is 52.0 Å². The van der Waals surface area contributed by atoms with Crippen LogP contribution < -0.4 is 5.32 Å². The first-order chi connectivity index (χ1) is 22.5. The number of H-pyrrole nitrogens is 2. The zero-order chi connectivity index (χ0) is 34.0. The van der Waals surface area contributed by atoms with Crippen LogP contribution in [0.5, 0.6) is 0 Å². The number of hydrogen-bond donors (Lipinski definition) is 3. The maximum absolute atomic E-state index is 13.0. The van der Waals surface area contributed by atoms with Crippen molar-refractivity contribution < 1.29 is 14.4 Å². The summed E-state index contributed by atoms with van der Waals surface area (Å²) >= 11 is 0. The van der Waals surface area contributed by atoms with Gasteiger partial charge in [-0.2, -0.15) is 0 Å². The second-order valence-electron chi connectivity index (χ2n) is 12.6. The number of carbonyl (C=O) groups excluding carboxylic acids is 3. The maximum Gasteiger partial charge on any atom is 0.220 e. The summed E-state index contributed by atoms with van der Waals surface area (Å²) in [6.07, 6.45) is 6.99. The van der Waals surface area contributed by atoms with Gasteiger partial charge in [0, 0.05) is 46.0 Å². The Balaban J connectivity index is 1.79. The Kier molecular flexibility index (Phi) is 9.70. The molecule has 0 aliphatic carbocycles. The fourth-order valence-electron chi connectivity index (χ4n) is 6.36. The van der Waals surface area contributed by atoms with Crippen molar-refractivity contribution >= 4 is 75.0 Å². The Labute approximate surface area is 275 Å². The van der Waals surface area contributed by atoms with Gasteiger partial charge in [0.15, 0.2) is 0 Å². The second-order valence-corrected chi connectivity index (χ2v) is 12.6. The molecule has 0 fully saturated rings. The molecule has 5 heterocycles. The van der Waals surface area contributed by atoms with Crippen LogP contribution in [0, 0.1) is 19.8 Å². The number of allylic oxidation sites excluding steroid dienone is 4. The van der Waals surface area contributed by atoms with E-state index >= 15 is 0 Å². The molecule has 8 heteroatoms. The molecule has 0 radical (unpaired) electrons. The summed E-state index contributed by atoms with van der Waals surface area (Å²) in [6, 6.07) is 7.62. The van der Waals surface area contributed by atoms with Gasteiger partial charge < -0.3 is 24.9 Å². The molecular weight excluding hydrogens is 586 g/mol. The summed E-state index contributed by atoms with van der Waals surface area (Å²) < 4.78 is 0. The van der Waals surface area contributed by atoms with Crippen LogP contribution >= 0.6 is 0 Å². The van der Waals surface area contributed by atoms with E-state index in [0.717, 1.165) is 102 Å². The average Bonchev–Trinajstić information content (AvgIpc) is 3.70. The number of aromatic amines is 2. The van der Waals surface area contributed by atoms with E-state index < -0.39 is 6.04 Å². The van der Waals surface area contributed by atoms with Gasteiger partial charge in [0.2, 0.25) is 5.91 Å². The number of aryl methyl sites for hydroxylation is 2. The molecule has 3 aromatic rings. The predicted molar refractivity (Wildman–Crippen MR) is 193 cm³/mol. The van der Waals surface area contributed by atoms with Crippen LogP contribution in [0.25, 0.3) is 56.5 Å². The molecular formula is C39H43N5O3. The Morgan fingerprint density at radius 2 is 1.28 bits per heavy atom. The third kappa shape index (κ3) is 6.45. The van der Waals surface area contributed by atoms with Crippen LogP contribution in [0.4, 0.5) is 0 Å². The SMILES string of the molecule is C=Cc1c(C)c2cc3[nH]c(cc4nc(cc5nc(cc1[nH]2)C(C)=C5CCC(=O)NC(C=O)C(C)C)C(CCC=O)=C4C)c(C)c3C=C. The molecule has 0 saturated carbocycles. The van der Waals surface area contributed by atoms with Crippen LogP contribution in [-0.4, -0.2) is 44.5 Å². The van der Waals surface area contributed by atoms with E-state index in [2.05, 4.69) is 54.4 Å². The number of hydrogen-bond acceptors (Lipinski definition) is 5. The molecule has 3 N–H and O–H groups in total. The van der Waals surface area contributed by atoms with Crippen molar-refractivity contribution in [3.63, 3.8) is 0 Å². The fraction of sp³-hybridized carbons (Fsp3) is 0.308. The lowest BCUT2D eigenvalue weighted by Crippen LogP contribution is -2.39. The molecule has 1 unspecified atom stereocenters. The molecule has 5 rings (SSSR count). The van der Waals surface area contributed by atoms with E-state index in [9.17, 15) is 14.4 Å². The lowest BCUT2D eigenvalue weighted by Gasteiger charge is -2.16. The van der Waals surface area contributed by atoms with Crippen LogP contribution in [0.1, 0.15) is 98.4 Å². The zero-order valence-electron chi connectivity index (χ0n) is 28.1. The Bertz CT molecular complexity index is 2040. The van der Waals surface area contributed by atoms with E-state index in [1.54, 1.807) is 0 Å². The lowest BCUT2D eigenvalue weighted by molar-refractivity contribution is -0.124. The molecule has 242 valence electrons. The Morgan fingerprint density at radius 3 is 1.79 bits per heavy atom. The van der Waals surface area contributed by atoms with Crippen LogP contribution in [0.2, 0.25) is 0 Å². The minimum atomic E-state index is -0.535. The van der Waals surface area contributed by atoms with Gasteiger partial charge in [-0.25, -0.2) is 9.97 Å². The third-order valence-corrected chi connectivity index (χ3v) is 9.35. The first-order valence-electron chi connectivity index (χ1n) is 16.1. The first kappa shape index (κ1) is 33.3. The Hall–Kier alpha value is -5.11. The number of aromatic nitrogens is 4. The molecule has 8 bridgehead atoms. The number of amides is 1. The third-order valence-electron chi connectivity index (χ3n) is 9.35. The predicted octanol–water partition coefficient (Wildman–Crippen LogP) is 8.18. The highest BCUT2D eigenvalue weighted by Crippen LogP contribution is 2.38. The molecule has 0 saturated heterocycles. The normalized spacial score (nSPS) is 13.6. The van der Waals surface area contributed by atoms with Crippen LogP contribution in [0.15, 0.2) is 37.4 Å². The average molecular weight is 630 g/mol. The van der Waals surface area contributed by atoms with Gasteiger partial charge in [-0.3, -0.25) is 4.79 Å². The fourth-order valence-corrected chi connectivity index (χ4v) is 6.36. The van der Waals surface area contributed by atoms with Gasteiger partial charge in [0.05, 0.1) is 28.8 Å². The zero-order valence-corrected chi connectivity index (χ0v) is 28.1. The summed E-state index contributed by atoms with van der Waals surface area (Å²) in [5, 5.41) is 2.85. The topological polar surface area (TPSA) is 121 Å². The van der Waals surface area contributed by atoms with Gasteiger partial charge in [0.25, 0.3) is 0 Å². The summed E-state index contributed by atoms with van der Waals surface area (Å²) in [4.78, 5) is 53.3. The van der Waals surface area contributed by atoms with Gasteiger partial charge in [-0.1, -0.05) is 39.2 Å². The lowest BCUT2D eigenvalue weighted by atomic mass is 9.98. The van der Waals surface area contributed by atoms with Crippen LogP contribution in [0.3, 0.4) is 0 Å². The minimum Gasteiger partial charge on any atom is -0.355 e. The first-order valence-corrected chi connectivity index (χ1v) is 16.1. The molecule has 1 amide bonds. The van der Waals surface area contributed by atoms with E-state index in [0.29, 0.717) is 19.3 Å². The highest BCUT2D eigenvalue weighted by atomic mass is 16.2. The van der Waals surface area contributed by atoms with Gasteiger partial charge in [-0.05, 0) is 104 Å². The number of nitrogens with one attached hydrogen (secondary N) is 3. The minimum absolute atomic E-state index is 0.00239. The number of fused-ring (bicyclic) bond motifs is 8.